The van der Waals surface area contributed by atoms with Crippen molar-refractivity contribution < 1.29 is 0 Å². The van der Waals surface area contributed by atoms with Gasteiger partial charge >= 0.3 is 0 Å². The van der Waals surface area contributed by atoms with Crippen molar-refractivity contribution in [3.05, 3.63) is 18.0 Å². The average molecular weight is 264 g/mol. The Morgan fingerprint density at radius 3 is 2.79 bits per heavy atom. The molecule has 1 aliphatic carbocycles. The molecule has 0 amide bonds. The van der Waals surface area contributed by atoms with Crippen molar-refractivity contribution >= 4 is 0 Å². The molecule has 1 aliphatic rings. The van der Waals surface area contributed by atoms with Gasteiger partial charge in [-0.3, -0.25) is 9.58 Å². The summed E-state index contributed by atoms with van der Waals surface area (Å²) < 4.78 is 2.18. The second-order valence-corrected chi connectivity index (χ2v) is 6.14. The summed E-state index contributed by atoms with van der Waals surface area (Å²) in [6.07, 6.45) is 7.44. The highest BCUT2D eigenvalue weighted by Crippen LogP contribution is 2.28. The maximum absolute atomic E-state index is 5.70. The summed E-state index contributed by atoms with van der Waals surface area (Å²) in [4.78, 5) is 2.41. The third kappa shape index (κ3) is 4.32. The molecule has 1 fully saturated rings. The van der Waals surface area contributed by atoms with E-state index in [9.17, 15) is 0 Å². The third-order valence-corrected chi connectivity index (χ3v) is 3.82. The van der Waals surface area contributed by atoms with Gasteiger partial charge in [-0.15, -0.1) is 0 Å². The quantitative estimate of drug-likeness (QED) is 0.822. The molecule has 4 heteroatoms. The molecule has 0 atom stereocenters. The minimum Gasteiger partial charge on any atom is -0.329 e. The Balaban J connectivity index is 1.92. The lowest BCUT2D eigenvalue weighted by atomic mass is 10.2. The fraction of sp³-hybridized carbons (Fsp3) is 0.800. The molecule has 4 nitrogen and oxygen atoms in total. The monoisotopic (exact) mass is 264 g/mol. The smallest absolute Gasteiger partial charge is 0.0764 e. The molecule has 0 radical (unpaired) electrons. The number of nitrogens with zero attached hydrogens (tertiary/aromatic N) is 3. The largest absolute Gasteiger partial charge is 0.329 e. The summed E-state index contributed by atoms with van der Waals surface area (Å²) in [7, 11) is 0. The zero-order valence-electron chi connectivity index (χ0n) is 12.4. The van der Waals surface area contributed by atoms with E-state index in [1.54, 1.807) is 0 Å². The molecule has 0 aliphatic heterocycles. The zero-order valence-corrected chi connectivity index (χ0v) is 12.4. The fourth-order valence-corrected chi connectivity index (χ4v) is 3.00. The lowest BCUT2D eigenvalue weighted by Crippen LogP contribution is -2.32. The first kappa shape index (κ1) is 14.5. The molecule has 0 aromatic carbocycles. The Labute approximate surface area is 117 Å². The molecule has 1 aromatic rings. The van der Waals surface area contributed by atoms with E-state index < -0.39 is 0 Å². The zero-order chi connectivity index (χ0) is 13.7. The van der Waals surface area contributed by atoms with Gasteiger partial charge in [-0.1, -0.05) is 26.7 Å². The summed E-state index contributed by atoms with van der Waals surface area (Å²) in [5.74, 6) is 0.670. The number of nitrogens with two attached hydrogens (primary N) is 1. The average Bonchev–Trinajstić information content (AvgIpc) is 2.97. The minimum atomic E-state index is 0.641. The second kappa shape index (κ2) is 7.06. The van der Waals surface area contributed by atoms with Crippen LogP contribution in [0.3, 0.4) is 0 Å². The summed E-state index contributed by atoms with van der Waals surface area (Å²) in [5, 5.41) is 4.76. The predicted octanol–water partition coefficient (Wildman–Crippen LogP) is 2.41. The normalized spacial score (nSPS) is 16.9. The van der Waals surface area contributed by atoms with Crippen LogP contribution in [-0.4, -0.2) is 34.3 Å². The minimum absolute atomic E-state index is 0.641. The topological polar surface area (TPSA) is 47.1 Å². The lowest BCUT2D eigenvalue weighted by molar-refractivity contribution is 0.238. The van der Waals surface area contributed by atoms with E-state index >= 15 is 0 Å². The molecular formula is C15H28N4. The van der Waals surface area contributed by atoms with Crippen LogP contribution >= 0.6 is 0 Å². The molecule has 1 heterocycles. The van der Waals surface area contributed by atoms with Crippen LogP contribution < -0.4 is 5.73 Å². The number of aromatic nitrogens is 2. The van der Waals surface area contributed by atoms with E-state index in [-0.39, 0.29) is 0 Å². The van der Waals surface area contributed by atoms with Crippen molar-refractivity contribution in [2.24, 2.45) is 11.7 Å². The van der Waals surface area contributed by atoms with Crippen molar-refractivity contribution in [2.45, 2.75) is 52.1 Å². The van der Waals surface area contributed by atoms with E-state index in [0.29, 0.717) is 12.0 Å². The SMILES string of the molecule is CC(C)CN(CCN)Cc1ccn(C2CCCC2)n1. The summed E-state index contributed by atoms with van der Waals surface area (Å²) in [6, 6.07) is 2.81. The van der Waals surface area contributed by atoms with E-state index in [2.05, 4.69) is 35.7 Å². The van der Waals surface area contributed by atoms with Gasteiger partial charge in [-0.2, -0.15) is 5.10 Å². The van der Waals surface area contributed by atoms with Crippen molar-refractivity contribution in [3.63, 3.8) is 0 Å². The van der Waals surface area contributed by atoms with E-state index in [4.69, 9.17) is 10.8 Å². The highest BCUT2D eigenvalue weighted by atomic mass is 15.3. The summed E-state index contributed by atoms with van der Waals surface area (Å²) >= 11 is 0. The van der Waals surface area contributed by atoms with Gasteiger partial charge in [0.1, 0.15) is 0 Å². The lowest BCUT2D eigenvalue weighted by Gasteiger charge is -2.22. The van der Waals surface area contributed by atoms with Crippen molar-refractivity contribution in [3.8, 4) is 0 Å². The number of rotatable bonds is 7. The number of hydrogen-bond acceptors (Lipinski definition) is 3. The standard InChI is InChI=1S/C15H28N4/c1-13(2)11-18(10-8-16)12-14-7-9-19(17-14)15-5-3-4-6-15/h7,9,13,15H,3-6,8,10-12,16H2,1-2H3. The van der Waals surface area contributed by atoms with Crippen molar-refractivity contribution in [1.82, 2.24) is 14.7 Å². The predicted molar refractivity (Wildman–Crippen MR) is 78.9 cm³/mol. The summed E-state index contributed by atoms with van der Waals surface area (Å²) in [5.41, 5.74) is 6.88. The molecular weight excluding hydrogens is 236 g/mol. The van der Waals surface area contributed by atoms with Gasteiger partial charge in [0.25, 0.3) is 0 Å². The Bertz CT molecular complexity index is 366. The maximum atomic E-state index is 5.70. The van der Waals surface area contributed by atoms with E-state index in [0.717, 1.165) is 26.2 Å². The fourth-order valence-electron chi connectivity index (χ4n) is 3.00. The van der Waals surface area contributed by atoms with Crippen LogP contribution in [0.4, 0.5) is 0 Å². The second-order valence-electron chi connectivity index (χ2n) is 6.14. The first-order valence-electron chi connectivity index (χ1n) is 7.65. The van der Waals surface area contributed by atoms with E-state index in [1.165, 1.54) is 31.4 Å². The molecule has 1 saturated carbocycles. The third-order valence-electron chi connectivity index (χ3n) is 3.82. The molecule has 2 rings (SSSR count). The van der Waals surface area contributed by atoms with Crippen LogP contribution in [0, 0.1) is 5.92 Å². The Morgan fingerprint density at radius 2 is 2.16 bits per heavy atom. The van der Waals surface area contributed by atoms with Crippen LogP contribution in [0.1, 0.15) is 51.3 Å². The Hall–Kier alpha value is -0.870. The van der Waals surface area contributed by atoms with Crippen LogP contribution in [-0.2, 0) is 6.54 Å². The summed E-state index contributed by atoms with van der Waals surface area (Å²) in [6.45, 7) is 8.19. The van der Waals surface area contributed by atoms with Crippen LogP contribution in [0.25, 0.3) is 0 Å². The van der Waals surface area contributed by atoms with Crippen molar-refractivity contribution in [1.29, 1.82) is 0 Å². The van der Waals surface area contributed by atoms with Gasteiger partial charge in [0.2, 0.25) is 0 Å². The van der Waals surface area contributed by atoms with Gasteiger partial charge in [-0.05, 0) is 24.8 Å². The van der Waals surface area contributed by atoms with Crippen LogP contribution in [0.15, 0.2) is 12.3 Å². The molecule has 19 heavy (non-hydrogen) atoms. The highest BCUT2D eigenvalue weighted by Gasteiger charge is 2.18. The molecule has 0 saturated heterocycles. The Kier molecular flexibility index (Phi) is 5.40. The van der Waals surface area contributed by atoms with Gasteiger partial charge in [0.05, 0.1) is 11.7 Å². The van der Waals surface area contributed by atoms with Gasteiger partial charge in [0.15, 0.2) is 0 Å². The Morgan fingerprint density at radius 1 is 1.42 bits per heavy atom. The molecule has 1 aromatic heterocycles. The molecule has 0 unspecified atom stereocenters. The molecule has 2 N–H and O–H groups in total. The van der Waals surface area contributed by atoms with Crippen LogP contribution in [0.2, 0.25) is 0 Å². The van der Waals surface area contributed by atoms with Crippen LogP contribution in [0.5, 0.6) is 0 Å². The van der Waals surface area contributed by atoms with Gasteiger partial charge in [-0.25, -0.2) is 0 Å². The molecule has 108 valence electrons. The van der Waals surface area contributed by atoms with Gasteiger partial charge < -0.3 is 5.73 Å². The van der Waals surface area contributed by atoms with Crippen molar-refractivity contribution in [2.75, 3.05) is 19.6 Å². The maximum Gasteiger partial charge on any atom is 0.0764 e. The van der Waals surface area contributed by atoms with Gasteiger partial charge in [0, 0.05) is 32.4 Å². The number of hydrogen-bond donors (Lipinski definition) is 1. The molecule has 0 spiro atoms. The molecule has 0 bridgehead atoms. The first-order chi connectivity index (χ1) is 9.19. The van der Waals surface area contributed by atoms with E-state index in [1.807, 2.05) is 0 Å². The highest BCUT2D eigenvalue weighted by molar-refractivity contribution is 5.00. The first-order valence-corrected chi connectivity index (χ1v) is 7.65.